The van der Waals surface area contributed by atoms with E-state index in [9.17, 15) is 10.2 Å². The predicted octanol–water partition coefficient (Wildman–Crippen LogP) is 3.13. The van der Waals surface area contributed by atoms with Gasteiger partial charge < -0.3 is 15.5 Å². The van der Waals surface area contributed by atoms with E-state index < -0.39 is 0 Å². The van der Waals surface area contributed by atoms with Crippen molar-refractivity contribution in [3.8, 4) is 0 Å². The number of aliphatic imine (C=N–C) groups is 2. The smallest absolute Gasteiger partial charge is 0.862 e. The number of pyridine rings is 1. The molecule has 146 valence electrons. The summed E-state index contributed by atoms with van der Waals surface area (Å²) in [5.41, 5.74) is 1.78. The number of nitrogens with zero attached hydrogens (tertiary/aromatic N) is 3. The Balaban J connectivity index is 0.000000271. The molecule has 0 atom stereocenters. The minimum absolute atomic E-state index is 0. The summed E-state index contributed by atoms with van der Waals surface area (Å²) in [6.45, 7) is 2.70. The van der Waals surface area contributed by atoms with Crippen molar-refractivity contribution >= 4 is 34.7 Å². The van der Waals surface area contributed by atoms with Crippen molar-refractivity contribution < 1.29 is 32.6 Å². The van der Waals surface area contributed by atoms with Crippen LogP contribution in [0.4, 0.5) is 22.9 Å². The first-order valence-electron chi connectivity index (χ1n) is 8.23. The first kappa shape index (κ1) is 23.1. The molecule has 3 aromatic rings. The minimum Gasteiger partial charge on any atom is -0.862 e. The van der Waals surface area contributed by atoms with Crippen LogP contribution in [0.1, 0.15) is 13.8 Å². The molecule has 0 aliphatic heterocycles. The summed E-state index contributed by atoms with van der Waals surface area (Å²) in [5, 5.41) is 24.7. The number of para-hydroxylation sites is 3. The molecule has 1 N–H and O–H groups in total. The summed E-state index contributed by atoms with van der Waals surface area (Å²) >= 11 is 0. The van der Waals surface area contributed by atoms with Gasteiger partial charge in [-0.1, -0.05) is 23.9 Å². The van der Waals surface area contributed by atoms with Crippen molar-refractivity contribution in [2.45, 2.75) is 13.8 Å². The van der Waals surface area contributed by atoms with Gasteiger partial charge in [-0.3, -0.25) is 9.98 Å². The molecule has 0 fully saturated rings. The van der Waals surface area contributed by atoms with E-state index in [0.29, 0.717) is 11.4 Å². The maximum absolute atomic E-state index is 10.8. The first-order valence-corrected chi connectivity index (χ1v) is 8.23. The third kappa shape index (κ3) is 8.64. The predicted molar refractivity (Wildman–Crippen MR) is 105 cm³/mol. The van der Waals surface area contributed by atoms with E-state index in [0.717, 1.165) is 11.5 Å². The molecule has 1 heterocycles. The van der Waals surface area contributed by atoms with Crippen molar-refractivity contribution in [3.05, 3.63) is 79.0 Å². The second kappa shape index (κ2) is 12.5. The summed E-state index contributed by atoms with van der Waals surface area (Å²) in [4.78, 5) is 11.6. The van der Waals surface area contributed by atoms with Gasteiger partial charge >= 0.3 is 22.4 Å². The Labute approximate surface area is 180 Å². The Kier molecular flexibility index (Phi) is 10.3. The topological polar surface area (TPSA) is 95.8 Å². The van der Waals surface area contributed by atoms with E-state index in [1.54, 1.807) is 30.5 Å². The second-order valence-corrected chi connectivity index (χ2v) is 5.37. The first-order chi connectivity index (χ1) is 13.0. The normalized spacial score (nSPS) is 10.9. The molecule has 0 aliphatic carbocycles. The number of aromatic nitrogens is 1. The van der Waals surface area contributed by atoms with Crippen LogP contribution in [0.15, 0.2) is 82.9 Å². The Bertz CT molecular complexity index is 818. The number of hydrogen-bond acceptors (Lipinski definition) is 6. The Morgan fingerprint density at radius 3 is 1.89 bits per heavy atom. The van der Waals surface area contributed by atoms with Crippen LogP contribution < -0.4 is 15.5 Å². The average molecular weight is 556 g/mol. The molecule has 0 saturated heterocycles. The maximum Gasteiger partial charge on any atom is 3.00 e. The fourth-order valence-corrected chi connectivity index (χ4v) is 2.04. The Morgan fingerprint density at radius 2 is 1.43 bits per heavy atom. The zero-order valence-corrected chi connectivity index (χ0v) is 17.6. The number of anilines is 2. The van der Waals surface area contributed by atoms with E-state index in [1.165, 1.54) is 13.8 Å². The fourth-order valence-electron chi connectivity index (χ4n) is 2.04. The maximum atomic E-state index is 10.8. The number of benzene rings is 2. The molecule has 0 amide bonds. The van der Waals surface area contributed by atoms with Crippen molar-refractivity contribution in [2.24, 2.45) is 9.98 Å². The van der Waals surface area contributed by atoms with E-state index in [-0.39, 0.29) is 34.2 Å². The van der Waals surface area contributed by atoms with Crippen LogP contribution in [-0.4, -0.2) is 16.8 Å². The van der Waals surface area contributed by atoms with Gasteiger partial charge in [0.25, 0.3) is 0 Å². The quantitative estimate of drug-likeness (QED) is 0.231. The van der Waals surface area contributed by atoms with Gasteiger partial charge in [0, 0.05) is 6.20 Å². The van der Waals surface area contributed by atoms with Gasteiger partial charge in [0.15, 0.2) is 0 Å². The van der Waals surface area contributed by atoms with E-state index >= 15 is 0 Å². The van der Waals surface area contributed by atoms with E-state index in [1.807, 2.05) is 42.5 Å². The van der Waals surface area contributed by atoms with E-state index in [2.05, 4.69) is 26.4 Å². The molecule has 0 bridgehead atoms. The number of rotatable bonds is 4. The van der Waals surface area contributed by atoms with Crippen LogP contribution in [0.5, 0.6) is 0 Å². The molecule has 0 saturated carbocycles. The van der Waals surface area contributed by atoms with Crippen LogP contribution in [-0.2, 0) is 22.4 Å². The van der Waals surface area contributed by atoms with Crippen LogP contribution in [0.3, 0.4) is 0 Å². The molecule has 0 aliphatic rings. The molecule has 3 rings (SSSR count). The van der Waals surface area contributed by atoms with Gasteiger partial charge in [-0.15, -0.1) is 6.07 Å². The van der Waals surface area contributed by atoms with Gasteiger partial charge in [0.05, 0.1) is 11.4 Å². The van der Waals surface area contributed by atoms with Crippen molar-refractivity contribution in [1.82, 2.24) is 4.98 Å². The number of hydrogen-bond donors (Lipinski definition) is 1. The summed E-state index contributed by atoms with van der Waals surface area (Å²) < 4.78 is 0. The minimum atomic E-state index is -0.309. The van der Waals surface area contributed by atoms with Gasteiger partial charge in [-0.2, -0.15) is 24.3 Å². The third-order valence-electron chi connectivity index (χ3n) is 3.07. The average Bonchev–Trinajstić information content (AvgIpc) is 2.65. The van der Waals surface area contributed by atoms with Crippen LogP contribution in [0.25, 0.3) is 0 Å². The van der Waals surface area contributed by atoms with Crippen molar-refractivity contribution in [3.63, 3.8) is 0 Å². The van der Waals surface area contributed by atoms with E-state index in [4.69, 9.17) is 0 Å². The Hall–Kier alpha value is -2.93. The standard InChI is InChI=1S/C11H9N2.C10H12N2O2.Au/c1-2-6-10(7-3-1)13-11-8-4-5-9-12-11;1-7(13)11-9-5-3-4-6-10(9)12-8(2)14;/h1-6,8-9H,(H,12,13);3-6H,1-2H3,(H,11,13)(H,12,14);/q-1;;+3/p-2. The fraction of sp³-hybridized carbons (Fsp3) is 0.0952. The molecule has 0 radical (unpaired) electrons. The molecule has 2 aromatic carbocycles. The third-order valence-corrected chi connectivity index (χ3v) is 3.07. The van der Waals surface area contributed by atoms with Crippen molar-refractivity contribution in [2.75, 3.05) is 5.32 Å². The number of nitrogens with one attached hydrogen (secondary N) is 1. The monoisotopic (exact) mass is 556 g/mol. The summed E-state index contributed by atoms with van der Waals surface area (Å²) in [7, 11) is 0. The van der Waals surface area contributed by atoms with Gasteiger partial charge in [0.1, 0.15) is 5.82 Å². The molecule has 6 nitrogen and oxygen atoms in total. The summed E-state index contributed by atoms with van der Waals surface area (Å²) in [5.74, 6) is 0.220. The van der Waals surface area contributed by atoms with Crippen LogP contribution in [0, 0.1) is 6.07 Å². The zero-order chi connectivity index (χ0) is 19.5. The van der Waals surface area contributed by atoms with Gasteiger partial charge in [0.2, 0.25) is 0 Å². The van der Waals surface area contributed by atoms with Crippen molar-refractivity contribution in [1.29, 1.82) is 0 Å². The molecular weight excluding hydrogens is 537 g/mol. The molecule has 0 spiro atoms. The van der Waals surface area contributed by atoms with Gasteiger partial charge in [-0.05, 0) is 49.9 Å². The zero-order valence-electron chi connectivity index (χ0n) is 15.4. The second-order valence-electron chi connectivity index (χ2n) is 5.37. The summed E-state index contributed by atoms with van der Waals surface area (Å²) in [6.07, 6.45) is 1.76. The summed E-state index contributed by atoms with van der Waals surface area (Å²) in [6, 6.07) is 23.3. The van der Waals surface area contributed by atoms with Crippen LogP contribution in [0.2, 0.25) is 0 Å². The SMILES string of the molecule is CC([O-])=Nc1ccccc1N=C(C)[O-].[Au+3].[c-]1ccccc1Nc1ccccn1. The molecule has 1 aromatic heterocycles. The molecular formula is C21H19AuN4O2. The van der Waals surface area contributed by atoms with Gasteiger partial charge in [-0.25, -0.2) is 4.98 Å². The molecule has 28 heavy (non-hydrogen) atoms. The Morgan fingerprint density at radius 1 is 0.857 bits per heavy atom. The largest absolute Gasteiger partial charge is 3.00 e. The van der Waals surface area contributed by atoms with Crippen LogP contribution >= 0.6 is 0 Å². The molecule has 7 heteroatoms. The molecule has 0 unspecified atom stereocenters.